The first-order valence-electron chi connectivity index (χ1n) is 6.75. The molecular formula is C17H14N2O2S. The molecule has 110 valence electrons. The Kier molecular flexibility index (Phi) is 3.89. The van der Waals surface area contributed by atoms with Crippen LogP contribution in [0.15, 0.2) is 54.6 Å². The van der Waals surface area contributed by atoms with Crippen molar-refractivity contribution in [1.29, 1.82) is 0 Å². The summed E-state index contributed by atoms with van der Waals surface area (Å²) in [5, 5.41) is 3.70. The van der Waals surface area contributed by atoms with Crippen molar-refractivity contribution in [3.05, 3.63) is 64.8 Å². The van der Waals surface area contributed by atoms with Gasteiger partial charge in [0.25, 0.3) is 5.91 Å². The number of anilines is 1. The van der Waals surface area contributed by atoms with Gasteiger partial charge in [-0.25, -0.2) is 0 Å². The third-order valence-corrected chi connectivity index (χ3v) is 3.57. The highest BCUT2D eigenvalue weighted by Crippen LogP contribution is 2.25. The van der Waals surface area contributed by atoms with Gasteiger partial charge < -0.3 is 15.0 Å². The molecule has 0 radical (unpaired) electrons. The molecule has 1 amide bonds. The maximum atomic E-state index is 12.6. The van der Waals surface area contributed by atoms with Gasteiger partial charge in [-0.3, -0.25) is 4.79 Å². The molecule has 1 aromatic heterocycles. The molecule has 3 rings (SSSR count). The van der Waals surface area contributed by atoms with Crippen LogP contribution in [0.3, 0.4) is 0 Å². The van der Waals surface area contributed by atoms with E-state index in [4.69, 9.17) is 17.0 Å². The molecule has 0 saturated carbocycles. The number of methoxy groups -OCH3 is 1. The van der Waals surface area contributed by atoms with Crippen LogP contribution in [0.25, 0.3) is 10.9 Å². The Bertz CT molecular complexity index is 902. The monoisotopic (exact) mass is 310 g/mol. The summed E-state index contributed by atoms with van der Waals surface area (Å²) in [5.74, 6) is 0.391. The molecule has 3 aromatic rings. The lowest BCUT2D eigenvalue weighted by Crippen LogP contribution is -2.13. The van der Waals surface area contributed by atoms with E-state index >= 15 is 0 Å². The summed E-state index contributed by atoms with van der Waals surface area (Å²) in [5.41, 5.74) is 1.99. The first-order chi connectivity index (χ1) is 10.7. The number of amides is 1. The molecule has 0 aliphatic rings. The van der Waals surface area contributed by atoms with Crippen LogP contribution < -0.4 is 10.1 Å². The summed E-state index contributed by atoms with van der Waals surface area (Å²) < 4.78 is 5.77. The highest BCUT2D eigenvalue weighted by molar-refractivity contribution is 7.71. The van der Waals surface area contributed by atoms with Gasteiger partial charge in [-0.15, -0.1) is 0 Å². The van der Waals surface area contributed by atoms with Crippen LogP contribution in [0.5, 0.6) is 5.75 Å². The smallest absolute Gasteiger partial charge is 0.256 e. The third-order valence-electron chi connectivity index (χ3n) is 3.35. The minimum atomic E-state index is -0.221. The summed E-state index contributed by atoms with van der Waals surface area (Å²) in [4.78, 5) is 15.7. The second-order valence-electron chi connectivity index (χ2n) is 4.75. The van der Waals surface area contributed by atoms with Crippen molar-refractivity contribution < 1.29 is 9.53 Å². The number of hydrogen-bond acceptors (Lipinski definition) is 3. The van der Waals surface area contributed by atoms with Crippen molar-refractivity contribution >= 4 is 34.7 Å². The van der Waals surface area contributed by atoms with Gasteiger partial charge in [0.05, 0.1) is 18.4 Å². The number of rotatable bonds is 3. The molecule has 2 N–H and O–H groups in total. The van der Waals surface area contributed by atoms with E-state index in [1.54, 1.807) is 25.3 Å². The molecule has 0 aliphatic heterocycles. The standard InChI is InChI=1S/C17H14N2O2S/c1-21-15-9-5-4-8-14(15)19-17(20)12-10-16(22)18-13-7-3-2-6-11(12)13/h2-10H,1H3,(H,18,22)(H,19,20). The molecule has 2 aromatic carbocycles. The summed E-state index contributed by atoms with van der Waals surface area (Å²) in [6.07, 6.45) is 0. The Morgan fingerprint density at radius 3 is 2.68 bits per heavy atom. The summed E-state index contributed by atoms with van der Waals surface area (Å²) in [6, 6.07) is 16.5. The largest absolute Gasteiger partial charge is 0.495 e. The van der Waals surface area contributed by atoms with Crippen LogP contribution in [0, 0.1) is 4.64 Å². The van der Waals surface area contributed by atoms with Crippen LogP contribution in [-0.4, -0.2) is 18.0 Å². The minimum absolute atomic E-state index is 0.221. The highest BCUT2D eigenvalue weighted by Gasteiger charge is 2.12. The van der Waals surface area contributed by atoms with Gasteiger partial charge in [0.2, 0.25) is 0 Å². The van der Waals surface area contributed by atoms with E-state index in [2.05, 4.69) is 10.3 Å². The van der Waals surface area contributed by atoms with Gasteiger partial charge in [0, 0.05) is 10.9 Å². The predicted molar refractivity (Wildman–Crippen MR) is 90.1 cm³/mol. The summed E-state index contributed by atoms with van der Waals surface area (Å²) in [6.45, 7) is 0. The van der Waals surface area contributed by atoms with Gasteiger partial charge >= 0.3 is 0 Å². The van der Waals surface area contributed by atoms with Crippen LogP contribution in [0.4, 0.5) is 5.69 Å². The van der Waals surface area contributed by atoms with Gasteiger partial charge in [0.15, 0.2) is 0 Å². The fourth-order valence-corrected chi connectivity index (χ4v) is 2.56. The number of nitrogens with one attached hydrogen (secondary N) is 2. The van der Waals surface area contributed by atoms with E-state index in [9.17, 15) is 4.79 Å². The number of ether oxygens (including phenoxy) is 1. The number of H-pyrrole nitrogens is 1. The Hall–Kier alpha value is -2.66. The number of fused-ring (bicyclic) bond motifs is 1. The molecule has 0 saturated heterocycles. The van der Waals surface area contributed by atoms with Crippen LogP contribution in [0.1, 0.15) is 10.4 Å². The average molecular weight is 310 g/mol. The van der Waals surface area contributed by atoms with Gasteiger partial charge in [-0.1, -0.05) is 42.5 Å². The highest BCUT2D eigenvalue weighted by atomic mass is 32.1. The van der Waals surface area contributed by atoms with E-state index in [-0.39, 0.29) is 5.91 Å². The molecule has 0 unspecified atom stereocenters. The molecular weight excluding hydrogens is 296 g/mol. The summed E-state index contributed by atoms with van der Waals surface area (Å²) >= 11 is 5.20. The normalized spacial score (nSPS) is 10.4. The van der Waals surface area contributed by atoms with Crippen LogP contribution in [-0.2, 0) is 0 Å². The topological polar surface area (TPSA) is 54.1 Å². The van der Waals surface area contributed by atoms with E-state index < -0.39 is 0 Å². The minimum Gasteiger partial charge on any atom is -0.495 e. The van der Waals surface area contributed by atoms with Crippen LogP contribution >= 0.6 is 12.2 Å². The van der Waals surface area contributed by atoms with E-state index in [0.29, 0.717) is 21.6 Å². The zero-order valence-electron chi connectivity index (χ0n) is 11.9. The zero-order valence-corrected chi connectivity index (χ0v) is 12.7. The van der Waals surface area contributed by atoms with Crippen molar-refractivity contribution in [3.63, 3.8) is 0 Å². The molecule has 0 spiro atoms. The SMILES string of the molecule is COc1ccccc1NC(=O)c1cc(=S)[nH]c2ccccc12. The van der Waals surface area contributed by atoms with E-state index in [1.807, 2.05) is 36.4 Å². The van der Waals surface area contributed by atoms with Crippen molar-refractivity contribution in [3.8, 4) is 5.75 Å². The molecule has 5 heteroatoms. The Morgan fingerprint density at radius 2 is 1.86 bits per heavy atom. The molecule has 4 nitrogen and oxygen atoms in total. The number of carbonyl (C=O) groups excluding carboxylic acids is 1. The van der Waals surface area contributed by atoms with Crippen molar-refractivity contribution in [2.75, 3.05) is 12.4 Å². The number of carbonyl (C=O) groups is 1. The van der Waals surface area contributed by atoms with Crippen molar-refractivity contribution in [2.45, 2.75) is 0 Å². The lowest BCUT2D eigenvalue weighted by molar-refractivity contribution is 0.102. The quantitative estimate of drug-likeness (QED) is 0.714. The molecule has 22 heavy (non-hydrogen) atoms. The fourth-order valence-electron chi connectivity index (χ4n) is 2.33. The Balaban J connectivity index is 2.04. The number of para-hydroxylation sites is 3. The van der Waals surface area contributed by atoms with Crippen molar-refractivity contribution in [1.82, 2.24) is 4.98 Å². The van der Waals surface area contributed by atoms with E-state index in [1.165, 1.54) is 0 Å². The lowest BCUT2D eigenvalue weighted by atomic mass is 10.1. The number of benzene rings is 2. The zero-order chi connectivity index (χ0) is 15.5. The second-order valence-corrected chi connectivity index (χ2v) is 5.19. The number of aromatic amines is 1. The second kappa shape index (κ2) is 5.99. The first-order valence-corrected chi connectivity index (χ1v) is 7.16. The molecule has 0 atom stereocenters. The third kappa shape index (κ3) is 2.71. The van der Waals surface area contributed by atoms with E-state index in [0.717, 1.165) is 10.9 Å². The number of aromatic nitrogens is 1. The van der Waals surface area contributed by atoms with Crippen LogP contribution in [0.2, 0.25) is 0 Å². The predicted octanol–water partition coefficient (Wildman–Crippen LogP) is 4.16. The van der Waals surface area contributed by atoms with Gasteiger partial charge in [-0.2, -0.15) is 0 Å². The molecule has 1 heterocycles. The molecule has 0 bridgehead atoms. The molecule has 0 aliphatic carbocycles. The molecule has 0 fully saturated rings. The maximum Gasteiger partial charge on any atom is 0.256 e. The summed E-state index contributed by atoms with van der Waals surface area (Å²) in [7, 11) is 1.57. The fraction of sp³-hybridized carbons (Fsp3) is 0.0588. The number of hydrogen-bond donors (Lipinski definition) is 2. The average Bonchev–Trinajstić information content (AvgIpc) is 2.54. The Morgan fingerprint density at radius 1 is 1.14 bits per heavy atom. The maximum absolute atomic E-state index is 12.6. The first kappa shape index (κ1) is 14.3. The number of pyridine rings is 1. The van der Waals surface area contributed by atoms with Crippen molar-refractivity contribution in [2.24, 2.45) is 0 Å². The Labute approximate surface area is 132 Å². The lowest BCUT2D eigenvalue weighted by Gasteiger charge is -2.11. The van der Waals surface area contributed by atoms with Gasteiger partial charge in [-0.05, 0) is 24.3 Å². The van der Waals surface area contributed by atoms with Gasteiger partial charge in [0.1, 0.15) is 10.4 Å².